The number of rotatable bonds is 9. The minimum absolute atomic E-state index is 0.100. The van der Waals surface area contributed by atoms with E-state index >= 15 is 0 Å². The summed E-state index contributed by atoms with van der Waals surface area (Å²) in [6.07, 6.45) is -11.8. The minimum atomic E-state index is -1.63. The Morgan fingerprint density at radius 1 is 0.895 bits per heavy atom. The van der Waals surface area contributed by atoms with Crippen LogP contribution in [0.5, 0.6) is 5.75 Å². The Bertz CT molecular complexity index is 980. The lowest BCUT2D eigenvalue weighted by molar-refractivity contribution is -0.384. The fraction of sp³-hybridized carbons (Fsp3) is 0.636. The number of nitro benzene ring substituents is 1. The van der Waals surface area contributed by atoms with Gasteiger partial charge in [0.2, 0.25) is 18.1 Å². The van der Waals surface area contributed by atoms with Crippen molar-refractivity contribution in [3.8, 4) is 5.75 Å². The Hall–Kier alpha value is -2.96. The third-order valence-corrected chi connectivity index (χ3v) is 6.06. The van der Waals surface area contributed by atoms with Crippen molar-refractivity contribution in [2.24, 2.45) is 0 Å². The molecule has 2 aliphatic heterocycles. The molecule has 2 amide bonds. The molecule has 0 aliphatic carbocycles. The van der Waals surface area contributed by atoms with Gasteiger partial charge in [-0.3, -0.25) is 19.7 Å². The number of hydrogen-bond acceptors (Lipinski definition) is 13. The van der Waals surface area contributed by atoms with Crippen molar-refractivity contribution in [2.45, 2.75) is 75.1 Å². The zero-order valence-corrected chi connectivity index (χ0v) is 20.4. The highest BCUT2D eigenvalue weighted by Crippen LogP contribution is 2.31. The number of amides is 2. The number of ether oxygens (including phenoxy) is 4. The van der Waals surface area contributed by atoms with Gasteiger partial charge in [0.15, 0.2) is 6.29 Å². The van der Waals surface area contributed by atoms with Gasteiger partial charge in [-0.05, 0) is 12.1 Å². The topological polar surface area (TPSA) is 239 Å². The van der Waals surface area contributed by atoms with Gasteiger partial charge in [-0.25, -0.2) is 0 Å². The molecule has 2 saturated heterocycles. The molecule has 7 N–H and O–H groups in total. The molecule has 2 heterocycles. The first kappa shape index (κ1) is 29.6. The van der Waals surface area contributed by atoms with Crippen LogP contribution in [0.3, 0.4) is 0 Å². The molecule has 0 aromatic heterocycles. The molecule has 16 heteroatoms. The van der Waals surface area contributed by atoms with E-state index in [4.69, 9.17) is 18.9 Å². The Kier molecular flexibility index (Phi) is 9.91. The number of non-ortho nitro benzene ring substituents is 1. The normalized spacial score (nSPS) is 35.2. The number of nitrogens with one attached hydrogen (secondary N) is 2. The maximum absolute atomic E-state index is 11.9. The largest absolute Gasteiger partial charge is 0.463 e. The van der Waals surface area contributed by atoms with E-state index in [0.717, 1.165) is 6.92 Å². The predicted octanol–water partition coefficient (Wildman–Crippen LogP) is -3.11. The van der Waals surface area contributed by atoms with E-state index in [1.807, 2.05) is 0 Å². The molecule has 10 atom stereocenters. The van der Waals surface area contributed by atoms with Crippen LogP contribution in [0, 0.1) is 10.1 Å². The van der Waals surface area contributed by atoms with Crippen molar-refractivity contribution in [3.63, 3.8) is 0 Å². The number of nitro groups is 1. The van der Waals surface area contributed by atoms with Crippen LogP contribution in [0.1, 0.15) is 13.8 Å². The van der Waals surface area contributed by atoms with Crippen LogP contribution < -0.4 is 15.4 Å². The molecular weight excluding hydrogens is 514 g/mol. The zero-order chi connectivity index (χ0) is 28.1. The number of aliphatic hydroxyl groups excluding tert-OH is 5. The number of benzene rings is 1. The van der Waals surface area contributed by atoms with Crippen LogP contribution in [0.4, 0.5) is 5.69 Å². The third kappa shape index (κ3) is 6.72. The maximum Gasteiger partial charge on any atom is 0.269 e. The summed E-state index contributed by atoms with van der Waals surface area (Å²) in [5, 5.41) is 67.2. The second kappa shape index (κ2) is 12.7. The number of carbonyl (C=O) groups excluding carboxylic acids is 2. The smallest absolute Gasteiger partial charge is 0.269 e. The first-order valence-electron chi connectivity index (χ1n) is 11.6. The molecule has 2 fully saturated rings. The highest BCUT2D eigenvalue weighted by Gasteiger charge is 2.52. The van der Waals surface area contributed by atoms with Gasteiger partial charge in [0.1, 0.15) is 54.5 Å². The molecule has 3 rings (SSSR count). The van der Waals surface area contributed by atoms with Crippen LogP contribution in [0.2, 0.25) is 0 Å². The van der Waals surface area contributed by atoms with Gasteiger partial charge in [0.25, 0.3) is 5.69 Å². The monoisotopic (exact) mass is 545 g/mol. The van der Waals surface area contributed by atoms with Crippen LogP contribution in [0.25, 0.3) is 0 Å². The molecule has 0 spiro atoms. The van der Waals surface area contributed by atoms with Crippen LogP contribution in [-0.2, 0) is 23.8 Å². The Labute approximate surface area is 216 Å². The molecule has 0 unspecified atom stereocenters. The summed E-state index contributed by atoms with van der Waals surface area (Å²) in [7, 11) is 0. The predicted molar refractivity (Wildman–Crippen MR) is 123 cm³/mol. The SMILES string of the molecule is CC(=O)N[C@@H]1[C@H](O[C@H]2[C@@H](O)[C@@H](NC(C)=O)[C@@H](Oc3ccc([N+](=O)[O-])cc3)O[C@H]2CO)O[C@H](CO)[C@H](O)[C@H]1O. The van der Waals surface area contributed by atoms with Gasteiger partial charge in [-0.1, -0.05) is 0 Å². The minimum Gasteiger partial charge on any atom is -0.463 e. The second-order valence-electron chi connectivity index (χ2n) is 8.84. The number of carbonyl (C=O) groups is 2. The quantitative estimate of drug-likeness (QED) is 0.120. The van der Waals surface area contributed by atoms with Crippen molar-refractivity contribution < 1.29 is 59.0 Å². The molecule has 0 bridgehead atoms. The Morgan fingerprint density at radius 3 is 1.92 bits per heavy atom. The van der Waals surface area contributed by atoms with Crippen molar-refractivity contribution in [1.82, 2.24) is 10.6 Å². The number of nitrogens with zero attached hydrogens (tertiary/aromatic N) is 1. The summed E-state index contributed by atoms with van der Waals surface area (Å²) in [5.74, 6) is -1.09. The van der Waals surface area contributed by atoms with E-state index in [2.05, 4.69) is 10.6 Å². The molecule has 38 heavy (non-hydrogen) atoms. The van der Waals surface area contributed by atoms with Crippen LogP contribution >= 0.6 is 0 Å². The van der Waals surface area contributed by atoms with Gasteiger partial charge in [-0.15, -0.1) is 0 Å². The summed E-state index contributed by atoms with van der Waals surface area (Å²) < 4.78 is 22.8. The van der Waals surface area contributed by atoms with Gasteiger partial charge in [-0.2, -0.15) is 0 Å². The molecule has 1 aromatic carbocycles. The Morgan fingerprint density at radius 2 is 1.42 bits per heavy atom. The van der Waals surface area contributed by atoms with Crippen LogP contribution in [-0.4, -0.2) is 117 Å². The highest BCUT2D eigenvalue weighted by molar-refractivity contribution is 5.73. The van der Waals surface area contributed by atoms with Crippen molar-refractivity contribution in [3.05, 3.63) is 34.4 Å². The molecule has 2 aliphatic rings. The summed E-state index contributed by atoms with van der Waals surface area (Å²) in [6, 6.07) is 2.29. The second-order valence-corrected chi connectivity index (χ2v) is 8.84. The average molecular weight is 545 g/mol. The molecule has 212 valence electrons. The average Bonchev–Trinajstić information content (AvgIpc) is 2.86. The number of hydrogen-bond donors (Lipinski definition) is 7. The van der Waals surface area contributed by atoms with Gasteiger partial charge in [0, 0.05) is 26.0 Å². The van der Waals surface area contributed by atoms with Crippen molar-refractivity contribution in [1.29, 1.82) is 0 Å². The molecule has 0 saturated carbocycles. The zero-order valence-electron chi connectivity index (χ0n) is 20.4. The van der Waals surface area contributed by atoms with Crippen molar-refractivity contribution >= 4 is 17.5 Å². The standard InChI is InChI=1S/C22H31N3O13/c1-9(28)23-15-18(31)17(30)13(7-26)36-22(15)38-20-14(8-27)37-21(16(19(20)32)24-10(2)29)35-12-5-3-11(4-6-12)25(33)34/h3-6,13-22,26-27,30-32H,7-8H2,1-2H3,(H,23,28)(H,24,29)/t13-,14+,15+,16-,17+,18+,19+,20-,21+,22+/m1/s1. The summed E-state index contributed by atoms with van der Waals surface area (Å²) in [5.41, 5.74) is -0.197. The van der Waals surface area contributed by atoms with E-state index in [9.17, 15) is 45.2 Å². The van der Waals surface area contributed by atoms with E-state index in [1.54, 1.807) is 0 Å². The lowest BCUT2D eigenvalue weighted by atomic mass is 9.94. The first-order valence-corrected chi connectivity index (χ1v) is 11.6. The van der Waals surface area contributed by atoms with Crippen LogP contribution in [0.15, 0.2) is 24.3 Å². The van der Waals surface area contributed by atoms with Crippen molar-refractivity contribution in [2.75, 3.05) is 13.2 Å². The summed E-state index contributed by atoms with van der Waals surface area (Å²) >= 11 is 0. The number of aliphatic hydroxyl groups is 5. The molecular formula is C22H31N3O13. The maximum atomic E-state index is 11.9. The molecule has 16 nitrogen and oxygen atoms in total. The lowest BCUT2D eigenvalue weighted by Crippen LogP contribution is -2.69. The Balaban J connectivity index is 1.86. The van der Waals surface area contributed by atoms with Gasteiger partial charge < -0.3 is 55.1 Å². The van der Waals surface area contributed by atoms with E-state index in [-0.39, 0.29) is 11.4 Å². The van der Waals surface area contributed by atoms with Gasteiger partial charge >= 0.3 is 0 Å². The fourth-order valence-electron chi connectivity index (χ4n) is 4.25. The lowest BCUT2D eigenvalue weighted by Gasteiger charge is -2.48. The third-order valence-electron chi connectivity index (χ3n) is 6.06. The van der Waals surface area contributed by atoms with E-state index in [0.29, 0.717) is 0 Å². The summed E-state index contributed by atoms with van der Waals surface area (Å²) in [6.45, 7) is 0.888. The first-order chi connectivity index (χ1) is 18.0. The highest BCUT2D eigenvalue weighted by atomic mass is 16.7. The van der Waals surface area contributed by atoms with Gasteiger partial charge in [0.05, 0.1) is 18.1 Å². The molecule has 1 aromatic rings. The fourth-order valence-corrected chi connectivity index (χ4v) is 4.25. The molecule has 0 radical (unpaired) electrons. The van der Waals surface area contributed by atoms with E-state index < -0.39 is 91.2 Å². The van der Waals surface area contributed by atoms with E-state index in [1.165, 1.54) is 31.2 Å². The summed E-state index contributed by atoms with van der Waals surface area (Å²) in [4.78, 5) is 33.9.